The Morgan fingerprint density at radius 3 is 2.84 bits per heavy atom. The van der Waals surface area contributed by atoms with Crippen molar-refractivity contribution >= 4 is 17.0 Å². The Morgan fingerprint density at radius 2 is 2.21 bits per heavy atom. The largest absolute Gasteiger partial charge is 0.478 e. The normalized spacial score (nSPS) is 22.4. The summed E-state index contributed by atoms with van der Waals surface area (Å²) >= 11 is 0. The van der Waals surface area contributed by atoms with Gasteiger partial charge >= 0.3 is 5.97 Å². The number of aromatic carboxylic acids is 1. The molecule has 1 aliphatic rings. The molecular formula is C14H16N2O3. The van der Waals surface area contributed by atoms with Crippen LogP contribution in [0.25, 0.3) is 11.0 Å². The van der Waals surface area contributed by atoms with Gasteiger partial charge in [0.1, 0.15) is 5.82 Å². The number of ether oxygens (including phenoxy) is 1. The summed E-state index contributed by atoms with van der Waals surface area (Å²) < 4.78 is 7.50. The zero-order valence-corrected chi connectivity index (χ0v) is 11.0. The van der Waals surface area contributed by atoms with Gasteiger partial charge in [-0.15, -0.1) is 0 Å². The number of hydrogen-bond acceptors (Lipinski definition) is 3. The Bertz CT molecular complexity index is 641. The minimum Gasteiger partial charge on any atom is -0.478 e. The van der Waals surface area contributed by atoms with E-state index in [1.165, 1.54) is 0 Å². The van der Waals surface area contributed by atoms with Gasteiger partial charge in [0.15, 0.2) is 0 Å². The molecule has 1 saturated carbocycles. The highest BCUT2D eigenvalue weighted by atomic mass is 16.5. The van der Waals surface area contributed by atoms with Gasteiger partial charge in [-0.1, -0.05) is 0 Å². The summed E-state index contributed by atoms with van der Waals surface area (Å²) in [6, 6.07) is 5.52. The molecule has 5 nitrogen and oxygen atoms in total. The smallest absolute Gasteiger partial charge is 0.335 e. The van der Waals surface area contributed by atoms with Crippen molar-refractivity contribution in [1.29, 1.82) is 0 Å². The number of methoxy groups -OCH3 is 1. The van der Waals surface area contributed by atoms with Crippen LogP contribution in [0.1, 0.15) is 35.1 Å². The predicted molar refractivity (Wildman–Crippen MR) is 70.5 cm³/mol. The second-order valence-electron chi connectivity index (χ2n) is 5.02. The number of nitrogens with zero attached hydrogens (tertiary/aromatic N) is 2. The molecule has 0 saturated heterocycles. The first kappa shape index (κ1) is 12.2. The Labute approximate surface area is 110 Å². The molecule has 0 unspecified atom stereocenters. The topological polar surface area (TPSA) is 64.4 Å². The van der Waals surface area contributed by atoms with Crippen molar-refractivity contribution in [1.82, 2.24) is 9.55 Å². The fourth-order valence-corrected chi connectivity index (χ4v) is 2.75. The molecular weight excluding hydrogens is 244 g/mol. The summed E-state index contributed by atoms with van der Waals surface area (Å²) in [5, 5.41) is 9.00. The van der Waals surface area contributed by atoms with Gasteiger partial charge in [0, 0.05) is 13.2 Å². The van der Waals surface area contributed by atoms with Gasteiger partial charge in [-0.25, -0.2) is 9.78 Å². The summed E-state index contributed by atoms with van der Waals surface area (Å²) in [6.45, 7) is 1.96. The molecule has 1 fully saturated rings. The molecule has 2 aromatic rings. The van der Waals surface area contributed by atoms with Crippen LogP contribution in [0.5, 0.6) is 0 Å². The number of hydrogen-bond donors (Lipinski definition) is 1. The van der Waals surface area contributed by atoms with Crippen LogP contribution < -0.4 is 0 Å². The Balaban J connectivity index is 2.01. The molecule has 1 N–H and O–H groups in total. The monoisotopic (exact) mass is 260 g/mol. The highest BCUT2D eigenvalue weighted by Crippen LogP contribution is 2.37. The van der Waals surface area contributed by atoms with Crippen LogP contribution in [-0.2, 0) is 4.74 Å². The molecule has 1 aromatic heterocycles. The SMILES string of the molecule is COC1CC(n2c(C)nc3cc(C(=O)O)ccc32)C1. The zero-order valence-electron chi connectivity index (χ0n) is 11.0. The van der Waals surface area contributed by atoms with E-state index in [0.717, 1.165) is 29.7 Å². The van der Waals surface area contributed by atoms with E-state index in [2.05, 4.69) is 9.55 Å². The second-order valence-corrected chi connectivity index (χ2v) is 5.02. The first-order chi connectivity index (χ1) is 9.10. The maximum atomic E-state index is 11.0. The fraction of sp³-hybridized carbons (Fsp3) is 0.429. The Hall–Kier alpha value is -1.88. The highest BCUT2D eigenvalue weighted by Gasteiger charge is 2.32. The van der Waals surface area contributed by atoms with E-state index in [4.69, 9.17) is 9.84 Å². The van der Waals surface area contributed by atoms with Crippen molar-refractivity contribution in [3.05, 3.63) is 29.6 Å². The first-order valence-electron chi connectivity index (χ1n) is 6.35. The van der Waals surface area contributed by atoms with E-state index < -0.39 is 5.97 Å². The Kier molecular flexibility index (Phi) is 2.78. The molecule has 19 heavy (non-hydrogen) atoms. The molecule has 1 heterocycles. The third-order valence-electron chi connectivity index (χ3n) is 3.88. The summed E-state index contributed by atoms with van der Waals surface area (Å²) in [4.78, 5) is 15.4. The lowest BCUT2D eigenvalue weighted by molar-refractivity contribution is 0.00681. The minimum absolute atomic E-state index is 0.278. The first-order valence-corrected chi connectivity index (χ1v) is 6.35. The van der Waals surface area contributed by atoms with Gasteiger partial charge in [-0.2, -0.15) is 0 Å². The van der Waals surface area contributed by atoms with Gasteiger partial charge in [0.05, 0.1) is 22.7 Å². The van der Waals surface area contributed by atoms with Gasteiger partial charge in [0.2, 0.25) is 0 Å². The van der Waals surface area contributed by atoms with E-state index in [1.54, 1.807) is 19.2 Å². The highest BCUT2D eigenvalue weighted by molar-refractivity contribution is 5.92. The maximum absolute atomic E-state index is 11.0. The molecule has 0 aliphatic heterocycles. The molecule has 0 radical (unpaired) electrons. The Morgan fingerprint density at radius 1 is 1.47 bits per heavy atom. The number of carbonyl (C=O) groups is 1. The molecule has 100 valence electrons. The van der Waals surface area contributed by atoms with Crippen LogP contribution in [0, 0.1) is 6.92 Å². The van der Waals surface area contributed by atoms with Gasteiger partial charge in [0.25, 0.3) is 0 Å². The standard InChI is InChI=1S/C14H16N2O3/c1-8-15-12-5-9(14(17)18)3-4-13(12)16(8)10-6-11(7-10)19-2/h3-5,10-11H,6-7H2,1-2H3,(H,17,18). The molecule has 1 aromatic carbocycles. The van der Waals surface area contributed by atoms with Crippen molar-refractivity contribution in [3.8, 4) is 0 Å². The number of fused-ring (bicyclic) bond motifs is 1. The fourth-order valence-electron chi connectivity index (χ4n) is 2.75. The van der Waals surface area contributed by atoms with Crippen LogP contribution in [0.15, 0.2) is 18.2 Å². The number of rotatable bonds is 3. The average molecular weight is 260 g/mol. The predicted octanol–water partition coefficient (Wildman–Crippen LogP) is 2.39. The van der Waals surface area contributed by atoms with Gasteiger partial charge in [-0.3, -0.25) is 0 Å². The van der Waals surface area contributed by atoms with Gasteiger partial charge in [-0.05, 0) is 38.0 Å². The van der Waals surface area contributed by atoms with Crippen LogP contribution in [0.3, 0.4) is 0 Å². The zero-order chi connectivity index (χ0) is 13.6. The molecule has 5 heteroatoms. The molecule has 0 spiro atoms. The van der Waals surface area contributed by atoms with E-state index >= 15 is 0 Å². The van der Waals surface area contributed by atoms with Crippen molar-refractivity contribution < 1.29 is 14.6 Å². The van der Waals surface area contributed by atoms with Crippen LogP contribution in [0.4, 0.5) is 0 Å². The second kappa shape index (κ2) is 4.35. The van der Waals surface area contributed by atoms with Crippen molar-refractivity contribution in [2.45, 2.75) is 31.9 Å². The molecule has 0 atom stereocenters. The summed E-state index contributed by atoms with van der Waals surface area (Å²) in [5.74, 6) is 0.00860. The maximum Gasteiger partial charge on any atom is 0.335 e. The number of imidazole rings is 1. The quantitative estimate of drug-likeness (QED) is 0.920. The lowest BCUT2D eigenvalue weighted by Crippen LogP contribution is -2.32. The third-order valence-corrected chi connectivity index (χ3v) is 3.88. The third kappa shape index (κ3) is 1.90. The molecule has 0 bridgehead atoms. The minimum atomic E-state index is -0.919. The number of aromatic nitrogens is 2. The van der Waals surface area contributed by atoms with Crippen molar-refractivity contribution in [2.75, 3.05) is 7.11 Å². The summed E-state index contributed by atoms with van der Waals surface area (Å²) in [6.07, 6.45) is 2.31. The average Bonchev–Trinajstić information content (AvgIpc) is 2.64. The lowest BCUT2D eigenvalue weighted by Gasteiger charge is -2.36. The summed E-state index contributed by atoms with van der Waals surface area (Å²) in [5.41, 5.74) is 2.03. The number of carboxylic acid groups (broad SMARTS) is 1. The van der Waals surface area contributed by atoms with Gasteiger partial charge < -0.3 is 14.4 Å². The van der Waals surface area contributed by atoms with E-state index in [-0.39, 0.29) is 5.56 Å². The van der Waals surface area contributed by atoms with Crippen molar-refractivity contribution in [2.24, 2.45) is 0 Å². The lowest BCUT2D eigenvalue weighted by atomic mass is 9.88. The van der Waals surface area contributed by atoms with E-state index in [9.17, 15) is 4.79 Å². The van der Waals surface area contributed by atoms with E-state index in [0.29, 0.717) is 12.1 Å². The number of benzene rings is 1. The van der Waals surface area contributed by atoms with Crippen LogP contribution in [0.2, 0.25) is 0 Å². The van der Waals surface area contributed by atoms with Crippen LogP contribution >= 0.6 is 0 Å². The van der Waals surface area contributed by atoms with Crippen molar-refractivity contribution in [3.63, 3.8) is 0 Å². The molecule has 0 amide bonds. The van der Waals surface area contributed by atoms with E-state index in [1.807, 2.05) is 13.0 Å². The molecule has 1 aliphatic carbocycles. The number of aryl methyl sites for hydroxylation is 1. The summed E-state index contributed by atoms with van der Waals surface area (Å²) in [7, 11) is 1.74. The molecule has 3 rings (SSSR count). The number of carboxylic acids is 1. The van der Waals surface area contributed by atoms with Crippen LogP contribution in [-0.4, -0.2) is 33.8 Å².